The molecule has 1 aromatic rings. The predicted molar refractivity (Wildman–Crippen MR) is 78.2 cm³/mol. The molecule has 0 unspecified atom stereocenters. The Kier molecular flexibility index (Phi) is 4.34. The van der Waals surface area contributed by atoms with Crippen molar-refractivity contribution in [1.29, 1.82) is 0 Å². The van der Waals surface area contributed by atoms with Crippen molar-refractivity contribution < 1.29 is 8.78 Å². The van der Waals surface area contributed by atoms with Crippen molar-refractivity contribution in [1.82, 2.24) is 0 Å². The fourth-order valence-corrected chi connectivity index (χ4v) is 2.42. The van der Waals surface area contributed by atoms with Gasteiger partial charge in [-0.05, 0) is 31.4 Å². The van der Waals surface area contributed by atoms with E-state index in [-0.39, 0.29) is 11.3 Å². The van der Waals surface area contributed by atoms with Crippen LogP contribution in [0.4, 0.5) is 14.5 Å². The molecule has 0 aliphatic carbocycles. The molecule has 1 aliphatic rings. The Morgan fingerprint density at radius 3 is 2.47 bits per heavy atom. The third-order valence-corrected chi connectivity index (χ3v) is 4.00. The first-order chi connectivity index (χ1) is 9.06. The standard InChI is InChI=1S/C14H18F2N2S/c1-2-11(19)14(17)9-5-6-10(13(16)12(9)15)18-7-3-4-8-18/h5-6,19H,2-4,7-8,17H2,1H3/b14-11-. The van der Waals surface area contributed by atoms with Crippen molar-refractivity contribution in [2.45, 2.75) is 26.2 Å². The van der Waals surface area contributed by atoms with E-state index in [2.05, 4.69) is 12.6 Å². The molecular formula is C14H18F2N2S. The number of allylic oxidation sites excluding steroid dienone is 1. The molecule has 2 rings (SSSR count). The molecule has 0 spiro atoms. The monoisotopic (exact) mass is 284 g/mol. The van der Waals surface area contributed by atoms with E-state index in [1.807, 2.05) is 11.8 Å². The fourth-order valence-electron chi connectivity index (χ4n) is 2.30. The number of hydrogen-bond donors (Lipinski definition) is 2. The van der Waals surface area contributed by atoms with Gasteiger partial charge in [0.1, 0.15) is 0 Å². The molecule has 2 N–H and O–H groups in total. The second-order valence-electron chi connectivity index (χ2n) is 4.67. The summed E-state index contributed by atoms with van der Waals surface area (Å²) in [6.45, 7) is 3.41. The van der Waals surface area contributed by atoms with Gasteiger partial charge in [-0.3, -0.25) is 0 Å². The minimum atomic E-state index is -0.887. The number of halogens is 2. The lowest BCUT2D eigenvalue weighted by Gasteiger charge is -2.19. The lowest BCUT2D eigenvalue weighted by molar-refractivity contribution is 0.505. The van der Waals surface area contributed by atoms with E-state index in [0.29, 0.717) is 17.0 Å². The van der Waals surface area contributed by atoms with Crippen LogP contribution in [0.3, 0.4) is 0 Å². The maximum atomic E-state index is 14.1. The first-order valence-corrected chi connectivity index (χ1v) is 6.91. The molecule has 0 saturated carbocycles. The van der Waals surface area contributed by atoms with Crippen molar-refractivity contribution in [2.24, 2.45) is 5.73 Å². The minimum Gasteiger partial charge on any atom is -0.398 e. The first kappa shape index (κ1) is 14.2. The topological polar surface area (TPSA) is 29.3 Å². The highest BCUT2D eigenvalue weighted by molar-refractivity contribution is 7.84. The van der Waals surface area contributed by atoms with E-state index >= 15 is 0 Å². The summed E-state index contributed by atoms with van der Waals surface area (Å²) in [5.74, 6) is -1.71. The Bertz CT molecular complexity index is 508. The molecule has 19 heavy (non-hydrogen) atoms. The number of hydrogen-bond acceptors (Lipinski definition) is 3. The summed E-state index contributed by atoms with van der Waals surface area (Å²) in [5, 5.41) is 0. The summed E-state index contributed by atoms with van der Waals surface area (Å²) in [6, 6.07) is 3.13. The zero-order valence-electron chi connectivity index (χ0n) is 10.9. The molecule has 1 saturated heterocycles. The molecule has 0 radical (unpaired) electrons. The molecule has 0 bridgehead atoms. The highest BCUT2D eigenvalue weighted by atomic mass is 32.1. The van der Waals surface area contributed by atoms with Gasteiger partial charge in [0.15, 0.2) is 11.6 Å². The van der Waals surface area contributed by atoms with Gasteiger partial charge in [-0.1, -0.05) is 6.92 Å². The minimum absolute atomic E-state index is 0.0901. The van der Waals surface area contributed by atoms with Crippen molar-refractivity contribution in [2.75, 3.05) is 18.0 Å². The summed E-state index contributed by atoms with van der Waals surface area (Å²) < 4.78 is 28.2. The third-order valence-electron chi connectivity index (χ3n) is 3.44. The Hall–Kier alpha value is -1.23. The molecule has 1 aliphatic heterocycles. The molecule has 1 heterocycles. The van der Waals surface area contributed by atoms with Gasteiger partial charge in [0.2, 0.25) is 0 Å². The molecule has 0 aromatic heterocycles. The van der Waals surface area contributed by atoms with E-state index in [4.69, 9.17) is 5.73 Å². The van der Waals surface area contributed by atoms with Gasteiger partial charge in [0.05, 0.1) is 11.4 Å². The maximum Gasteiger partial charge on any atom is 0.182 e. The summed E-state index contributed by atoms with van der Waals surface area (Å²) in [5.41, 5.74) is 6.42. The van der Waals surface area contributed by atoms with Crippen LogP contribution < -0.4 is 10.6 Å². The van der Waals surface area contributed by atoms with Crippen LogP contribution in [0.2, 0.25) is 0 Å². The Balaban J connectivity index is 2.42. The number of thiol groups is 1. The Labute approximate surface area is 117 Å². The summed E-state index contributed by atoms with van der Waals surface area (Å²) in [7, 11) is 0. The molecule has 1 aromatic carbocycles. The summed E-state index contributed by atoms with van der Waals surface area (Å²) in [6.07, 6.45) is 2.62. The molecule has 1 fully saturated rings. The Morgan fingerprint density at radius 1 is 1.26 bits per heavy atom. The molecule has 5 heteroatoms. The normalized spacial score (nSPS) is 16.7. The van der Waals surface area contributed by atoms with Gasteiger partial charge in [-0.25, -0.2) is 8.78 Å². The van der Waals surface area contributed by atoms with Crippen LogP contribution in [0, 0.1) is 11.6 Å². The molecular weight excluding hydrogens is 266 g/mol. The lowest BCUT2D eigenvalue weighted by Crippen LogP contribution is -2.20. The van der Waals surface area contributed by atoms with Gasteiger partial charge in [0.25, 0.3) is 0 Å². The molecule has 2 nitrogen and oxygen atoms in total. The lowest BCUT2D eigenvalue weighted by atomic mass is 10.1. The van der Waals surface area contributed by atoms with Crippen LogP contribution >= 0.6 is 12.6 Å². The van der Waals surface area contributed by atoms with Crippen molar-refractivity contribution in [3.05, 3.63) is 34.2 Å². The number of anilines is 1. The smallest absolute Gasteiger partial charge is 0.182 e. The quantitative estimate of drug-likeness (QED) is 0.831. The van der Waals surface area contributed by atoms with Gasteiger partial charge < -0.3 is 10.6 Å². The van der Waals surface area contributed by atoms with Crippen LogP contribution in [0.15, 0.2) is 17.0 Å². The van der Waals surface area contributed by atoms with E-state index in [9.17, 15) is 8.78 Å². The van der Waals surface area contributed by atoms with Crippen LogP contribution in [0.25, 0.3) is 5.70 Å². The van der Waals surface area contributed by atoms with Crippen LogP contribution in [0.1, 0.15) is 31.7 Å². The zero-order valence-corrected chi connectivity index (χ0v) is 11.8. The average Bonchev–Trinajstić information content (AvgIpc) is 2.94. The van der Waals surface area contributed by atoms with Gasteiger partial charge in [0, 0.05) is 23.6 Å². The zero-order chi connectivity index (χ0) is 14.0. The maximum absolute atomic E-state index is 14.1. The second-order valence-corrected chi connectivity index (χ2v) is 5.21. The van der Waals surface area contributed by atoms with E-state index < -0.39 is 11.6 Å². The van der Waals surface area contributed by atoms with Crippen LogP contribution in [-0.4, -0.2) is 13.1 Å². The first-order valence-electron chi connectivity index (χ1n) is 6.47. The number of nitrogens with two attached hydrogens (primary N) is 1. The number of benzene rings is 1. The second kappa shape index (κ2) is 5.82. The van der Waals surface area contributed by atoms with E-state index in [1.54, 1.807) is 6.07 Å². The Morgan fingerprint density at radius 2 is 1.89 bits per heavy atom. The van der Waals surface area contributed by atoms with Gasteiger partial charge in [-0.15, -0.1) is 12.6 Å². The van der Waals surface area contributed by atoms with E-state index in [1.165, 1.54) is 6.07 Å². The van der Waals surface area contributed by atoms with Gasteiger partial charge >= 0.3 is 0 Å². The summed E-state index contributed by atoms with van der Waals surface area (Å²) >= 11 is 4.19. The number of nitrogens with zero attached hydrogens (tertiary/aromatic N) is 1. The van der Waals surface area contributed by atoms with Crippen LogP contribution in [-0.2, 0) is 0 Å². The van der Waals surface area contributed by atoms with Gasteiger partial charge in [-0.2, -0.15) is 0 Å². The van der Waals surface area contributed by atoms with Crippen molar-refractivity contribution >= 4 is 24.0 Å². The molecule has 104 valence electrons. The van der Waals surface area contributed by atoms with Crippen molar-refractivity contribution in [3.8, 4) is 0 Å². The van der Waals surface area contributed by atoms with E-state index in [0.717, 1.165) is 25.9 Å². The van der Waals surface area contributed by atoms with Crippen molar-refractivity contribution in [3.63, 3.8) is 0 Å². The largest absolute Gasteiger partial charge is 0.398 e. The fraction of sp³-hybridized carbons (Fsp3) is 0.429. The summed E-state index contributed by atoms with van der Waals surface area (Å²) in [4.78, 5) is 2.43. The third kappa shape index (κ3) is 2.71. The number of rotatable bonds is 3. The average molecular weight is 284 g/mol. The highest BCUT2D eigenvalue weighted by Gasteiger charge is 2.21. The predicted octanol–water partition coefficient (Wildman–Crippen LogP) is 3.53. The molecule has 0 amide bonds. The van der Waals surface area contributed by atoms with Crippen LogP contribution in [0.5, 0.6) is 0 Å². The SMILES string of the molecule is CC/C(S)=C(/N)c1ccc(N2CCCC2)c(F)c1F. The highest BCUT2D eigenvalue weighted by Crippen LogP contribution is 2.30. The molecule has 0 atom stereocenters.